The van der Waals surface area contributed by atoms with Crippen molar-refractivity contribution < 1.29 is 9.59 Å². The van der Waals surface area contributed by atoms with E-state index < -0.39 is 5.91 Å². The number of benzene rings is 2. The lowest BCUT2D eigenvalue weighted by atomic mass is 10.1. The fourth-order valence-electron chi connectivity index (χ4n) is 2.51. The largest absolute Gasteiger partial charge is 0.282 e. The van der Waals surface area contributed by atoms with Crippen LogP contribution in [0.1, 0.15) is 16.7 Å². The van der Waals surface area contributed by atoms with Crippen LogP contribution in [0.25, 0.3) is 6.08 Å². The van der Waals surface area contributed by atoms with Crippen molar-refractivity contribution in [1.29, 1.82) is 0 Å². The zero-order valence-corrected chi connectivity index (χ0v) is 14.3. The van der Waals surface area contributed by atoms with Crippen molar-refractivity contribution in [3.05, 3.63) is 69.2 Å². The van der Waals surface area contributed by atoms with Crippen molar-refractivity contribution in [3.63, 3.8) is 0 Å². The van der Waals surface area contributed by atoms with Crippen LogP contribution >= 0.6 is 15.9 Å². The maximum Gasteiger partial charge on any atom is 0.282 e. The molecule has 5 heteroatoms. The summed E-state index contributed by atoms with van der Waals surface area (Å²) >= 11 is 3.36. The zero-order valence-electron chi connectivity index (χ0n) is 12.8. The van der Waals surface area contributed by atoms with Gasteiger partial charge in [-0.15, -0.1) is 0 Å². The van der Waals surface area contributed by atoms with Gasteiger partial charge in [-0.05, 0) is 49.2 Å². The summed E-state index contributed by atoms with van der Waals surface area (Å²) in [4.78, 5) is 24.8. The average molecular weight is 371 g/mol. The van der Waals surface area contributed by atoms with Crippen LogP contribution in [0.15, 0.2) is 52.5 Å². The number of rotatable bonds is 2. The van der Waals surface area contributed by atoms with Crippen LogP contribution in [0.5, 0.6) is 0 Å². The van der Waals surface area contributed by atoms with Gasteiger partial charge in [0.25, 0.3) is 11.8 Å². The number of hydrazine groups is 1. The molecule has 1 N–H and O–H groups in total. The van der Waals surface area contributed by atoms with Gasteiger partial charge in [-0.25, -0.2) is 5.01 Å². The van der Waals surface area contributed by atoms with E-state index in [9.17, 15) is 9.59 Å². The normalized spacial score (nSPS) is 16.1. The third kappa shape index (κ3) is 3.05. The highest BCUT2D eigenvalue weighted by Crippen LogP contribution is 2.25. The van der Waals surface area contributed by atoms with Crippen molar-refractivity contribution in [2.45, 2.75) is 13.8 Å². The van der Waals surface area contributed by atoms with Gasteiger partial charge in [0.2, 0.25) is 0 Å². The van der Waals surface area contributed by atoms with E-state index in [1.807, 2.05) is 56.3 Å². The Morgan fingerprint density at radius 2 is 1.74 bits per heavy atom. The molecular formula is C18H15BrN2O2. The summed E-state index contributed by atoms with van der Waals surface area (Å²) in [5, 5.41) is 1.31. The minimum Gasteiger partial charge on any atom is -0.267 e. The first-order valence-corrected chi connectivity index (χ1v) is 7.95. The molecule has 1 heterocycles. The first-order valence-electron chi connectivity index (χ1n) is 7.15. The molecule has 23 heavy (non-hydrogen) atoms. The molecule has 3 rings (SSSR count). The number of nitrogens with zero attached hydrogens (tertiary/aromatic N) is 1. The standard InChI is InChI=1S/C18H15BrN2O2/c1-11-3-8-16(12(2)9-11)21-18(23)15(17(22)20-21)10-13-4-6-14(19)7-5-13/h3-10H,1-2H3,(H,20,22)/b15-10+. The maximum absolute atomic E-state index is 12.6. The number of anilines is 1. The molecule has 1 aliphatic rings. The molecule has 0 atom stereocenters. The summed E-state index contributed by atoms with van der Waals surface area (Å²) in [5.74, 6) is -0.734. The average Bonchev–Trinajstić information content (AvgIpc) is 2.77. The number of hydrogen-bond acceptors (Lipinski definition) is 2. The molecule has 0 bridgehead atoms. The Labute approximate surface area is 142 Å². The predicted molar refractivity (Wildman–Crippen MR) is 93.7 cm³/mol. The number of halogens is 1. The highest BCUT2D eigenvalue weighted by molar-refractivity contribution is 9.10. The lowest BCUT2D eigenvalue weighted by Crippen LogP contribution is -2.36. The summed E-state index contributed by atoms with van der Waals surface area (Å²) in [6, 6.07) is 13.2. The second-order valence-corrected chi connectivity index (χ2v) is 6.40. The summed E-state index contributed by atoms with van der Waals surface area (Å²) in [6.45, 7) is 3.90. The van der Waals surface area contributed by atoms with Gasteiger partial charge < -0.3 is 0 Å². The molecule has 2 amide bonds. The molecule has 1 saturated heterocycles. The van der Waals surface area contributed by atoms with Gasteiger partial charge in [-0.3, -0.25) is 15.0 Å². The van der Waals surface area contributed by atoms with E-state index >= 15 is 0 Å². The summed E-state index contributed by atoms with van der Waals surface area (Å²) in [5.41, 5.74) is 6.29. The first-order chi connectivity index (χ1) is 11.0. The van der Waals surface area contributed by atoms with Gasteiger partial charge in [-0.1, -0.05) is 45.8 Å². The number of aryl methyl sites for hydroxylation is 2. The Balaban J connectivity index is 1.95. The highest BCUT2D eigenvalue weighted by atomic mass is 79.9. The van der Waals surface area contributed by atoms with E-state index in [-0.39, 0.29) is 11.5 Å². The minimum absolute atomic E-state index is 0.132. The van der Waals surface area contributed by atoms with Crippen LogP contribution in [0.2, 0.25) is 0 Å². The second-order valence-electron chi connectivity index (χ2n) is 5.48. The fraction of sp³-hybridized carbons (Fsp3) is 0.111. The minimum atomic E-state index is -0.391. The predicted octanol–water partition coefficient (Wildman–Crippen LogP) is 3.53. The molecule has 4 nitrogen and oxygen atoms in total. The molecule has 1 fully saturated rings. The third-order valence-corrected chi connectivity index (χ3v) is 4.19. The van der Waals surface area contributed by atoms with Crippen LogP contribution in [0, 0.1) is 13.8 Å². The molecule has 0 spiro atoms. The molecule has 1 aliphatic heterocycles. The Morgan fingerprint density at radius 1 is 1.04 bits per heavy atom. The van der Waals surface area contributed by atoms with Crippen molar-refractivity contribution in [2.75, 3.05) is 5.01 Å². The molecule has 0 aliphatic carbocycles. The zero-order chi connectivity index (χ0) is 16.6. The van der Waals surface area contributed by atoms with E-state index in [1.54, 1.807) is 6.08 Å². The van der Waals surface area contributed by atoms with E-state index in [1.165, 1.54) is 5.01 Å². The van der Waals surface area contributed by atoms with Crippen molar-refractivity contribution >= 4 is 39.5 Å². The van der Waals surface area contributed by atoms with Gasteiger partial charge >= 0.3 is 0 Å². The van der Waals surface area contributed by atoms with Crippen LogP contribution in [0.4, 0.5) is 5.69 Å². The smallest absolute Gasteiger partial charge is 0.267 e. The molecule has 0 saturated carbocycles. The number of carbonyl (C=O) groups excluding carboxylic acids is 2. The van der Waals surface area contributed by atoms with Crippen molar-refractivity contribution in [3.8, 4) is 0 Å². The van der Waals surface area contributed by atoms with Crippen molar-refractivity contribution in [2.24, 2.45) is 0 Å². The lowest BCUT2D eigenvalue weighted by Gasteiger charge is -2.17. The Bertz CT molecular complexity index is 825. The topological polar surface area (TPSA) is 49.4 Å². The summed E-state index contributed by atoms with van der Waals surface area (Å²) in [6.07, 6.45) is 1.60. The molecule has 116 valence electrons. The monoisotopic (exact) mass is 370 g/mol. The van der Waals surface area contributed by atoms with Crippen LogP contribution in [-0.4, -0.2) is 11.8 Å². The maximum atomic E-state index is 12.6. The Hall–Kier alpha value is -2.40. The number of hydrogen-bond donors (Lipinski definition) is 1. The van der Waals surface area contributed by atoms with Gasteiger partial charge in [0.1, 0.15) is 5.57 Å². The number of amides is 2. The van der Waals surface area contributed by atoms with E-state index in [0.717, 1.165) is 21.2 Å². The number of nitrogens with one attached hydrogen (secondary N) is 1. The SMILES string of the molecule is Cc1ccc(N2NC(=O)/C(=C\c3ccc(Br)cc3)C2=O)c(C)c1. The van der Waals surface area contributed by atoms with Gasteiger partial charge in [0, 0.05) is 4.47 Å². The van der Waals surface area contributed by atoms with Crippen LogP contribution in [-0.2, 0) is 9.59 Å². The van der Waals surface area contributed by atoms with Gasteiger partial charge in [-0.2, -0.15) is 0 Å². The van der Waals surface area contributed by atoms with E-state index in [2.05, 4.69) is 21.4 Å². The Morgan fingerprint density at radius 3 is 2.39 bits per heavy atom. The fourth-order valence-corrected chi connectivity index (χ4v) is 2.77. The molecule has 0 unspecified atom stereocenters. The molecule has 0 radical (unpaired) electrons. The summed E-state index contributed by atoms with van der Waals surface area (Å²) in [7, 11) is 0. The Kier molecular flexibility index (Phi) is 4.05. The van der Waals surface area contributed by atoms with Gasteiger partial charge in [0.15, 0.2) is 0 Å². The second kappa shape index (κ2) is 6.01. The first kappa shape index (κ1) is 15.5. The third-order valence-electron chi connectivity index (χ3n) is 3.67. The van der Waals surface area contributed by atoms with E-state index in [0.29, 0.717) is 5.69 Å². The quantitative estimate of drug-likeness (QED) is 0.649. The molecular weight excluding hydrogens is 356 g/mol. The van der Waals surface area contributed by atoms with E-state index in [4.69, 9.17) is 0 Å². The van der Waals surface area contributed by atoms with Crippen LogP contribution in [0.3, 0.4) is 0 Å². The number of carbonyl (C=O) groups is 2. The van der Waals surface area contributed by atoms with Gasteiger partial charge in [0.05, 0.1) is 5.69 Å². The van der Waals surface area contributed by atoms with Crippen molar-refractivity contribution in [1.82, 2.24) is 5.43 Å². The molecule has 0 aromatic heterocycles. The van der Waals surface area contributed by atoms with Crippen LogP contribution < -0.4 is 10.4 Å². The summed E-state index contributed by atoms with van der Waals surface area (Å²) < 4.78 is 0.943. The lowest BCUT2D eigenvalue weighted by molar-refractivity contribution is -0.117. The molecule has 2 aromatic rings. The highest BCUT2D eigenvalue weighted by Gasteiger charge is 2.34. The molecule has 2 aromatic carbocycles.